The summed E-state index contributed by atoms with van der Waals surface area (Å²) in [5, 5.41) is 0. The van der Waals surface area contributed by atoms with E-state index in [4.69, 9.17) is 12.2 Å². The molecule has 1 N–H and O–H groups in total. The van der Waals surface area contributed by atoms with Gasteiger partial charge in [-0.2, -0.15) is 0 Å². The molecule has 0 bridgehead atoms. The van der Waals surface area contributed by atoms with E-state index in [2.05, 4.69) is 56.7 Å². The Hall–Kier alpha value is -1.39. The van der Waals surface area contributed by atoms with E-state index in [9.17, 15) is 0 Å². The normalized spacial score (nSPS) is 11.0. The van der Waals surface area contributed by atoms with Gasteiger partial charge in [-0.3, -0.25) is 4.57 Å². The predicted molar refractivity (Wildman–Crippen MR) is 80.9 cm³/mol. The third-order valence-corrected chi connectivity index (χ3v) is 3.68. The summed E-state index contributed by atoms with van der Waals surface area (Å²) in [6.45, 7) is 2.08. The lowest BCUT2D eigenvalue weighted by molar-refractivity contribution is 1.06. The van der Waals surface area contributed by atoms with Crippen molar-refractivity contribution in [2.45, 2.75) is 6.92 Å². The first-order valence-electron chi connectivity index (χ1n) is 5.62. The number of aromatic nitrogens is 2. The van der Waals surface area contributed by atoms with Gasteiger partial charge in [0.2, 0.25) is 0 Å². The number of hydrogen-bond acceptors (Lipinski definition) is 1. The first kappa shape index (κ1) is 11.7. The predicted octanol–water partition coefficient (Wildman–Crippen LogP) is 4.76. The first-order valence-corrected chi connectivity index (χ1v) is 6.82. The molecule has 1 aromatic heterocycles. The summed E-state index contributed by atoms with van der Waals surface area (Å²) in [4.78, 5) is 3.23. The largest absolute Gasteiger partial charge is 0.330 e. The van der Waals surface area contributed by atoms with Crippen LogP contribution < -0.4 is 0 Å². The number of benzene rings is 2. The summed E-state index contributed by atoms with van der Waals surface area (Å²) in [6, 6.07) is 14.4. The first-order chi connectivity index (χ1) is 8.65. The third kappa shape index (κ3) is 1.91. The molecule has 0 aliphatic carbocycles. The van der Waals surface area contributed by atoms with Gasteiger partial charge in [-0.25, -0.2) is 0 Å². The molecule has 0 aliphatic heterocycles. The quantitative estimate of drug-likeness (QED) is 0.641. The van der Waals surface area contributed by atoms with Crippen LogP contribution in [-0.4, -0.2) is 9.55 Å². The Bertz CT molecular complexity index is 786. The lowest BCUT2D eigenvalue weighted by atomic mass is 10.2. The summed E-state index contributed by atoms with van der Waals surface area (Å²) in [6.07, 6.45) is 0. The molecule has 0 atom stereocenters. The van der Waals surface area contributed by atoms with Crippen molar-refractivity contribution in [1.82, 2.24) is 9.55 Å². The van der Waals surface area contributed by atoms with Crippen molar-refractivity contribution in [1.29, 1.82) is 0 Å². The average molecular weight is 319 g/mol. The molecule has 0 fully saturated rings. The van der Waals surface area contributed by atoms with E-state index >= 15 is 0 Å². The molecule has 3 aromatic rings. The van der Waals surface area contributed by atoms with Gasteiger partial charge in [-0.1, -0.05) is 28.1 Å². The number of nitrogens with one attached hydrogen (secondary N) is 1. The van der Waals surface area contributed by atoms with Crippen molar-refractivity contribution < 1.29 is 0 Å². The smallest absolute Gasteiger partial charge is 0.182 e. The molecule has 0 unspecified atom stereocenters. The van der Waals surface area contributed by atoms with Gasteiger partial charge in [0, 0.05) is 10.2 Å². The van der Waals surface area contributed by atoms with Gasteiger partial charge in [0.1, 0.15) is 0 Å². The number of aryl methyl sites for hydroxylation is 1. The van der Waals surface area contributed by atoms with Crippen LogP contribution in [0.1, 0.15) is 5.56 Å². The minimum Gasteiger partial charge on any atom is -0.330 e. The minimum absolute atomic E-state index is 0.716. The Morgan fingerprint density at radius 3 is 2.78 bits per heavy atom. The lowest BCUT2D eigenvalue weighted by Gasteiger charge is -2.05. The minimum atomic E-state index is 0.716. The van der Waals surface area contributed by atoms with Crippen molar-refractivity contribution in [3.63, 3.8) is 0 Å². The van der Waals surface area contributed by atoms with Gasteiger partial charge < -0.3 is 4.98 Å². The molecule has 1 heterocycles. The zero-order chi connectivity index (χ0) is 12.7. The molecule has 18 heavy (non-hydrogen) atoms. The van der Waals surface area contributed by atoms with E-state index in [1.807, 2.05) is 18.2 Å². The van der Waals surface area contributed by atoms with Crippen LogP contribution in [0.2, 0.25) is 0 Å². The monoisotopic (exact) mass is 318 g/mol. The number of hydrogen-bond donors (Lipinski definition) is 1. The maximum Gasteiger partial charge on any atom is 0.182 e. The number of nitrogens with zero attached hydrogens (tertiary/aromatic N) is 1. The summed E-state index contributed by atoms with van der Waals surface area (Å²) in [5.74, 6) is 0. The molecule has 2 aromatic carbocycles. The maximum atomic E-state index is 5.41. The van der Waals surface area contributed by atoms with Crippen LogP contribution in [0.3, 0.4) is 0 Å². The number of imidazole rings is 1. The fourth-order valence-electron chi connectivity index (χ4n) is 2.10. The van der Waals surface area contributed by atoms with Gasteiger partial charge in [0.15, 0.2) is 4.77 Å². The van der Waals surface area contributed by atoms with Gasteiger partial charge in [0.25, 0.3) is 0 Å². The zero-order valence-electron chi connectivity index (χ0n) is 9.77. The Morgan fingerprint density at radius 1 is 1.17 bits per heavy atom. The van der Waals surface area contributed by atoms with E-state index in [0.29, 0.717) is 4.77 Å². The molecular weight excluding hydrogens is 308 g/mol. The van der Waals surface area contributed by atoms with Crippen molar-refractivity contribution in [2.24, 2.45) is 0 Å². The van der Waals surface area contributed by atoms with Gasteiger partial charge in [0.05, 0.1) is 11.0 Å². The SMILES string of the molecule is Cc1cccc(-n2c(=S)[nH]c3ccc(Br)cc32)c1. The average Bonchev–Trinajstić information content (AvgIpc) is 2.64. The number of halogens is 1. The van der Waals surface area contributed by atoms with E-state index in [1.54, 1.807) is 0 Å². The molecule has 90 valence electrons. The Balaban J connectivity index is 2.38. The highest BCUT2D eigenvalue weighted by molar-refractivity contribution is 9.10. The molecule has 2 nitrogen and oxygen atoms in total. The molecule has 0 aliphatic rings. The molecule has 0 spiro atoms. The van der Waals surface area contributed by atoms with Crippen LogP contribution in [0.25, 0.3) is 16.7 Å². The van der Waals surface area contributed by atoms with Crippen LogP contribution in [0.4, 0.5) is 0 Å². The Morgan fingerprint density at radius 2 is 2.00 bits per heavy atom. The molecule has 4 heteroatoms. The van der Waals surface area contributed by atoms with Crippen molar-refractivity contribution in [3.8, 4) is 5.69 Å². The molecule has 0 amide bonds. The van der Waals surface area contributed by atoms with Crippen LogP contribution in [-0.2, 0) is 0 Å². The standard InChI is InChI=1S/C14H11BrN2S/c1-9-3-2-4-11(7-9)17-13-8-10(15)5-6-12(13)16-14(17)18/h2-8H,1H3,(H,16,18). The summed E-state index contributed by atoms with van der Waals surface area (Å²) < 4.78 is 3.82. The summed E-state index contributed by atoms with van der Waals surface area (Å²) in [5.41, 5.74) is 4.44. The molecule has 0 radical (unpaired) electrons. The van der Waals surface area contributed by atoms with E-state index < -0.39 is 0 Å². The Kier molecular flexibility index (Phi) is 2.84. The van der Waals surface area contributed by atoms with Crippen LogP contribution in [0, 0.1) is 11.7 Å². The second kappa shape index (κ2) is 4.37. The highest BCUT2D eigenvalue weighted by Gasteiger charge is 2.06. The lowest BCUT2D eigenvalue weighted by Crippen LogP contribution is -1.94. The van der Waals surface area contributed by atoms with Crippen LogP contribution in [0.5, 0.6) is 0 Å². The zero-order valence-corrected chi connectivity index (χ0v) is 12.2. The van der Waals surface area contributed by atoms with Gasteiger partial charge in [-0.05, 0) is 55.0 Å². The number of H-pyrrole nitrogens is 1. The number of aromatic amines is 1. The van der Waals surface area contributed by atoms with Gasteiger partial charge in [-0.15, -0.1) is 0 Å². The summed E-state index contributed by atoms with van der Waals surface area (Å²) in [7, 11) is 0. The second-order valence-corrected chi connectivity index (χ2v) is 5.57. The molecule has 0 saturated heterocycles. The van der Waals surface area contributed by atoms with Crippen molar-refractivity contribution in [3.05, 3.63) is 57.3 Å². The van der Waals surface area contributed by atoms with Crippen molar-refractivity contribution >= 4 is 39.2 Å². The number of fused-ring (bicyclic) bond motifs is 1. The highest BCUT2D eigenvalue weighted by atomic mass is 79.9. The highest BCUT2D eigenvalue weighted by Crippen LogP contribution is 2.23. The maximum absolute atomic E-state index is 5.41. The molecular formula is C14H11BrN2S. The van der Waals surface area contributed by atoms with E-state index in [0.717, 1.165) is 21.2 Å². The van der Waals surface area contributed by atoms with E-state index in [-0.39, 0.29) is 0 Å². The van der Waals surface area contributed by atoms with Crippen LogP contribution >= 0.6 is 28.1 Å². The van der Waals surface area contributed by atoms with Crippen molar-refractivity contribution in [2.75, 3.05) is 0 Å². The Labute approximate surface area is 118 Å². The molecule has 0 saturated carbocycles. The third-order valence-electron chi connectivity index (χ3n) is 2.91. The van der Waals surface area contributed by atoms with Crippen LogP contribution in [0.15, 0.2) is 46.9 Å². The second-order valence-electron chi connectivity index (χ2n) is 4.27. The summed E-state index contributed by atoms with van der Waals surface area (Å²) >= 11 is 8.92. The fraction of sp³-hybridized carbons (Fsp3) is 0.0714. The molecule has 3 rings (SSSR count). The topological polar surface area (TPSA) is 20.7 Å². The van der Waals surface area contributed by atoms with Gasteiger partial charge >= 0.3 is 0 Å². The van der Waals surface area contributed by atoms with E-state index in [1.165, 1.54) is 5.56 Å². The number of rotatable bonds is 1. The fourth-order valence-corrected chi connectivity index (χ4v) is 2.76.